The van der Waals surface area contributed by atoms with Crippen LogP contribution < -0.4 is 27.4 Å². The molecule has 0 spiro atoms. The highest BCUT2D eigenvalue weighted by atomic mass is 16.6. The molecular formula is C95H130N20O18. The highest BCUT2D eigenvalue weighted by molar-refractivity contribution is 6.39. The molecule has 0 radical (unpaired) electrons. The molecule has 38 nitrogen and oxygen atoms in total. The van der Waals surface area contributed by atoms with E-state index in [2.05, 4.69) is 50.7 Å². The number of aryl methyl sites for hydroxylation is 1. The SMILES string of the molecule is CO[C@H]1C[C@@H]2CC[C@@H](C)[C@@](O)(O2)C(=O)C(=O)N2CCCC[C@H]2C(=O)O[C@H]([C@H](N)C[C@@H]2CC[C@H](n3nncc3-c3cccc(-c4cnc(N5CCN(Cc6cn(CCOCCOCCOCCC(=O)NCCCCn7nc(-c8ccc9oc(N)nc9c8)c8c(N)ncnc87)nn6)C(CO)C5)nc4)c3)[C@H](OC)C2)CC(=O)[C@H](C)/C=C(\C)[C@@H](O)[C@@H](OC)C(=O)[C@H](C)C[C@H](C)/C=C/C=C/C=C/1C. The molecule has 2 aromatic carbocycles. The number of carbonyl (C=O) groups excluding carboxylic acids is 6. The lowest BCUT2D eigenvalue weighted by molar-refractivity contribution is -0.265. The Morgan fingerprint density at radius 3 is 2.33 bits per heavy atom. The van der Waals surface area contributed by atoms with E-state index in [1.54, 1.807) is 82.0 Å². The number of piperazine rings is 1. The average molecular weight is 1840 g/mol. The number of nitrogens with two attached hydrogens (primary N) is 3. The summed E-state index contributed by atoms with van der Waals surface area (Å²) in [7, 11) is 4.58. The molecule has 10 N–H and O–H groups in total. The topological polar surface area (TPSA) is 494 Å². The molecule has 3 saturated heterocycles. The van der Waals surface area contributed by atoms with Gasteiger partial charge in [0.2, 0.25) is 17.6 Å². The van der Waals surface area contributed by atoms with Gasteiger partial charge in [-0.05, 0) is 144 Å². The number of anilines is 3. The van der Waals surface area contributed by atoms with Crippen LogP contribution in [-0.2, 0) is 86.3 Å². The largest absolute Gasteiger partial charge is 0.459 e. The van der Waals surface area contributed by atoms with Crippen molar-refractivity contribution in [2.24, 2.45) is 35.3 Å². The quantitative estimate of drug-likeness (QED) is 0.00939. The van der Waals surface area contributed by atoms with Crippen LogP contribution in [0, 0.1) is 29.6 Å². The summed E-state index contributed by atoms with van der Waals surface area (Å²) in [6.07, 6.45) is 20.4. The van der Waals surface area contributed by atoms with Crippen molar-refractivity contribution in [2.45, 2.75) is 224 Å². The van der Waals surface area contributed by atoms with Crippen LogP contribution in [0.3, 0.4) is 0 Å². The maximum atomic E-state index is 14.9. The zero-order valence-corrected chi connectivity index (χ0v) is 77.6. The summed E-state index contributed by atoms with van der Waals surface area (Å²) in [6, 6.07) is 10.9. The molecule has 2 amide bonds. The smallest absolute Gasteiger partial charge is 0.329 e. The van der Waals surface area contributed by atoms with E-state index in [4.69, 9.17) is 74.6 Å². The maximum Gasteiger partial charge on any atom is 0.329 e. The number of rotatable bonds is 31. The molecule has 2 bridgehead atoms. The number of carbonyl (C=O) groups is 6. The molecule has 5 aliphatic rings. The Hall–Kier alpha value is -10.9. The van der Waals surface area contributed by atoms with Gasteiger partial charge in [-0.15, -0.1) is 10.2 Å². The van der Waals surface area contributed by atoms with E-state index in [-0.39, 0.29) is 105 Å². The van der Waals surface area contributed by atoms with Crippen molar-refractivity contribution in [2.75, 3.05) is 117 Å². The maximum absolute atomic E-state index is 14.9. The fourth-order valence-electron chi connectivity index (χ4n) is 18.6. The Morgan fingerprint density at radius 2 is 1.56 bits per heavy atom. The summed E-state index contributed by atoms with van der Waals surface area (Å²) >= 11 is 0. The van der Waals surface area contributed by atoms with Crippen LogP contribution in [-0.4, -0.2) is 286 Å². The molecule has 6 aromatic heterocycles. The summed E-state index contributed by atoms with van der Waals surface area (Å²) in [5, 5.41) is 60.9. The van der Waals surface area contributed by atoms with E-state index in [0.717, 1.165) is 50.5 Å². The Morgan fingerprint density at radius 1 is 0.774 bits per heavy atom. The zero-order chi connectivity index (χ0) is 94.4. The fourth-order valence-corrected chi connectivity index (χ4v) is 18.6. The van der Waals surface area contributed by atoms with Crippen LogP contribution in [0.5, 0.6) is 0 Å². The number of ketones is 3. The van der Waals surface area contributed by atoms with Gasteiger partial charge in [-0.1, -0.05) is 92.8 Å². The van der Waals surface area contributed by atoms with Crippen LogP contribution in [0.1, 0.15) is 150 Å². The summed E-state index contributed by atoms with van der Waals surface area (Å²) in [5.41, 5.74) is 27.7. The van der Waals surface area contributed by atoms with Crippen molar-refractivity contribution >= 4 is 75.0 Å². The van der Waals surface area contributed by atoms with Gasteiger partial charge < -0.3 is 89.9 Å². The number of hydrogen-bond acceptors (Lipinski definition) is 33. The summed E-state index contributed by atoms with van der Waals surface area (Å²) < 4.78 is 58.5. The third-order valence-corrected chi connectivity index (χ3v) is 26.3. The molecule has 1 unspecified atom stereocenters. The van der Waals surface area contributed by atoms with E-state index < -0.39 is 83.8 Å². The van der Waals surface area contributed by atoms with Crippen LogP contribution >= 0.6 is 0 Å². The predicted molar refractivity (Wildman–Crippen MR) is 493 cm³/mol. The first-order chi connectivity index (χ1) is 64.2. The third kappa shape index (κ3) is 25.4. The van der Waals surface area contributed by atoms with Crippen molar-refractivity contribution in [1.29, 1.82) is 0 Å². The number of ether oxygens (including phenoxy) is 8. The Kier molecular flexibility index (Phi) is 35.5. The van der Waals surface area contributed by atoms with Crippen molar-refractivity contribution in [1.82, 2.24) is 79.8 Å². The number of aliphatic hydroxyl groups is 3. The Labute approximate surface area is 774 Å². The van der Waals surface area contributed by atoms with Gasteiger partial charge in [-0.25, -0.2) is 38.8 Å². The Bertz CT molecular complexity index is 5360. The number of allylic oxidation sites excluding steroid dienone is 6. The third-order valence-electron chi connectivity index (χ3n) is 26.3. The van der Waals surface area contributed by atoms with Gasteiger partial charge in [-0.3, -0.25) is 28.9 Å². The number of unbranched alkanes of at least 4 members (excludes halogenated alkanes) is 1. The normalized spacial score (nSPS) is 27.2. The number of nitrogens with zero attached hydrogens (tertiary/aromatic N) is 16. The number of amides is 2. The lowest BCUT2D eigenvalue weighted by atomic mass is 9.79. The van der Waals surface area contributed by atoms with Crippen LogP contribution in [0.15, 0.2) is 126 Å². The second-order valence-electron chi connectivity index (χ2n) is 35.8. The van der Waals surface area contributed by atoms with Crippen molar-refractivity contribution in [3.8, 4) is 33.6 Å². The van der Waals surface area contributed by atoms with Crippen molar-refractivity contribution in [3.05, 3.63) is 127 Å². The van der Waals surface area contributed by atoms with E-state index in [0.29, 0.717) is 182 Å². The van der Waals surface area contributed by atoms with E-state index >= 15 is 0 Å². The monoisotopic (exact) mass is 1840 g/mol. The molecule has 4 fully saturated rings. The van der Waals surface area contributed by atoms with Gasteiger partial charge in [-0.2, -0.15) is 10.1 Å². The lowest BCUT2D eigenvalue weighted by Gasteiger charge is -2.42. The molecule has 718 valence electrons. The predicted octanol–water partition coefficient (Wildman–Crippen LogP) is 7.89. The first kappa shape index (κ1) is 99.6. The first-order valence-corrected chi connectivity index (χ1v) is 46.4. The molecule has 133 heavy (non-hydrogen) atoms. The van der Waals surface area contributed by atoms with Crippen LogP contribution in [0.25, 0.3) is 55.8 Å². The molecule has 10 heterocycles. The zero-order valence-electron chi connectivity index (χ0n) is 77.6. The lowest BCUT2D eigenvalue weighted by Crippen LogP contribution is -2.61. The molecule has 8 aromatic rings. The van der Waals surface area contributed by atoms with Gasteiger partial charge in [0.15, 0.2) is 17.0 Å². The molecule has 13 rings (SSSR count). The van der Waals surface area contributed by atoms with Gasteiger partial charge >= 0.3 is 5.97 Å². The van der Waals surface area contributed by atoms with Gasteiger partial charge in [0.1, 0.15) is 53.5 Å². The van der Waals surface area contributed by atoms with E-state index in [1.807, 2.05) is 91.5 Å². The number of esters is 1. The van der Waals surface area contributed by atoms with Crippen molar-refractivity contribution in [3.63, 3.8) is 0 Å². The highest BCUT2D eigenvalue weighted by Crippen LogP contribution is 2.42. The molecule has 38 heteroatoms. The number of cyclic esters (lactones) is 1. The van der Waals surface area contributed by atoms with Gasteiger partial charge in [0.05, 0.1) is 106 Å². The number of piperidine rings is 1. The number of nitrogens with one attached hydrogen (secondary N) is 1. The summed E-state index contributed by atoms with van der Waals surface area (Å²) in [6.45, 7) is 16.4. The standard InChI is InChI=1S/C95H130N20O18/c1-58-18-11-10-12-19-59(2)79(125-7)48-71-26-23-63(6)95(124,133-71)88(121)91(122)113-31-15-13-22-75(113)92(123)131-80(49-77(117)60(3)43-62(5)86(120)87(127-9)85(119)61(4)42-58)72(96)44-64-24-27-74(81(45-64)126-8)115-76(52-104-108-115)66-21-17-20-65(46-66)68-50-100-94(101-51-68)111-34-33-110(70(55-111)56-116)53-69-54-112(109-106-69)35-37-129-39-41-130-40-38-128-36-29-82(118)99-30-14-16-32-114-90-83(89(97)102-57-103-90)84(107-114)67-25-28-78-73(47-67)105-93(98)132-78/h10-12,17-21,25,28,43,46-47,50-52,54,57-58,60-61,63-64,70-72,74-75,79-81,86-87,116,120,124H,13-16,22-24,26-27,29-42,44-45,48-49,53,55-56,96H2,1-9H3,(H2,98,105)(H,99,118)(H2,97,102,103)/b12-10+,18-11+,59-19+,62-43+/t58-,60-,61-,63-,64+,70?,71+,72-,74+,75+,79+,80+,81-,86-,87+,95-/m1/s1. The minimum absolute atomic E-state index is 0.0149. The second kappa shape index (κ2) is 47.3. The molecule has 16 atom stereocenters. The number of Topliss-reactive ketones (excluding diaryl/α,β-unsaturated/α-hetero) is 3. The molecule has 1 aliphatic carbocycles. The minimum atomic E-state index is -2.51. The van der Waals surface area contributed by atoms with Crippen LogP contribution in [0.2, 0.25) is 0 Å². The number of nitrogen functional groups attached to an aromatic ring is 2. The Balaban J connectivity index is 0.557. The highest BCUT2D eigenvalue weighted by Gasteiger charge is 2.53. The number of fused-ring (bicyclic) bond motifs is 5. The molecule has 1 saturated carbocycles. The number of oxazole rings is 1. The second-order valence-corrected chi connectivity index (χ2v) is 35.8. The number of benzene rings is 2. The van der Waals surface area contributed by atoms with Gasteiger partial charge in [0, 0.05) is 145 Å². The molecular weight excluding hydrogens is 1710 g/mol. The van der Waals surface area contributed by atoms with E-state index in [1.165, 1.54) is 13.4 Å². The van der Waals surface area contributed by atoms with E-state index in [9.17, 15) is 44.1 Å². The number of aromatic nitrogens is 13. The summed E-state index contributed by atoms with van der Waals surface area (Å²) in [4.78, 5) is 113. The summed E-state index contributed by atoms with van der Waals surface area (Å²) in [5.74, 6) is -7.82. The average Bonchev–Trinajstić information content (AvgIpc) is 1.74. The fraction of sp³-hybridized carbons (Fsp3) is 0.579. The van der Waals surface area contributed by atoms with Crippen molar-refractivity contribution < 1.29 is 86.4 Å². The van der Waals surface area contributed by atoms with Crippen LogP contribution in [0.4, 0.5) is 17.8 Å². The number of hydrogen-bond donors (Lipinski definition) is 7. The number of methoxy groups -OCH3 is 3. The van der Waals surface area contributed by atoms with Gasteiger partial charge in [0.25, 0.3) is 17.7 Å². The number of aliphatic hydroxyl groups excluding tert-OH is 2. The first-order valence-electron chi connectivity index (χ1n) is 46.4. The minimum Gasteiger partial charge on any atom is -0.459 e. The molecule has 4 aliphatic heterocycles.